The van der Waals surface area contributed by atoms with Crippen LogP contribution in [0.25, 0.3) is 0 Å². The van der Waals surface area contributed by atoms with Crippen LogP contribution in [0.2, 0.25) is 0 Å². The lowest BCUT2D eigenvalue weighted by Gasteiger charge is -2.04. The molecular formula is C30H59I. The summed E-state index contributed by atoms with van der Waals surface area (Å²) in [5, 5.41) is 0. The summed E-state index contributed by atoms with van der Waals surface area (Å²) in [5.41, 5.74) is 0. The highest BCUT2D eigenvalue weighted by atomic mass is 127. The minimum atomic E-state index is 1.21. The van der Waals surface area contributed by atoms with Crippen molar-refractivity contribution in [2.45, 2.75) is 173 Å². The fraction of sp³-hybridized carbons (Fsp3) is 0.933. The van der Waals surface area contributed by atoms with Gasteiger partial charge in [0.2, 0.25) is 0 Å². The lowest BCUT2D eigenvalue weighted by molar-refractivity contribution is 0.515. The van der Waals surface area contributed by atoms with Gasteiger partial charge in [-0.05, 0) is 23.7 Å². The number of allylic oxidation sites excluding steroid dienone is 1. The molecule has 0 saturated heterocycles. The Bertz CT molecular complexity index is 312. The summed E-state index contributed by atoms with van der Waals surface area (Å²) in [5.74, 6) is 0. The van der Waals surface area contributed by atoms with Crippen LogP contribution in [0.3, 0.4) is 0 Å². The van der Waals surface area contributed by atoms with Crippen LogP contribution in [0.15, 0.2) is 12.7 Å². The largest absolute Gasteiger partial charge is 0.103 e. The first kappa shape index (κ1) is 31.5. The van der Waals surface area contributed by atoms with Crippen molar-refractivity contribution in [3.63, 3.8) is 0 Å². The normalized spacial score (nSPS) is 11.3. The molecule has 0 aromatic heterocycles. The zero-order chi connectivity index (χ0) is 22.5. The van der Waals surface area contributed by atoms with Crippen LogP contribution >= 0.6 is 22.6 Å². The third kappa shape index (κ3) is 30.5. The van der Waals surface area contributed by atoms with E-state index in [2.05, 4.69) is 35.2 Å². The zero-order valence-electron chi connectivity index (χ0n) is 21.5. The van der Waals surface area contributed by atoms with Crippen LogP contribution in [-0.4, -0.2) is 4.43 Å². The van der Waals surface area contributed by atoms with Gasteiger partial charge in [-0.2, -0.15) is 0 Å². The van der Waals surface area contributed by atoms with E-state index in [9.17, 15) is 0 Å². The minimum Gasteiger partial charge on any atom is -0.103 e. The van der Waals surface area contributed by atoms with E-state index >= 15 is 0 Å². The summed E-state index contributed by atoms with van der Waals surface area (Å²) in [6.45, 7) is 3.79. The molecule has 0 fully saturated rings. The van der Waals surface area contributed by atoms with Crippen molar-refractivity contribution in [1.29, 1.82) is 0 Å². The maximum absolute atomic E-state index is 3.79. The highest BCUT2D eigenvalue weighted by Gasteiger charge is 1.96. The average molecular weight is 547 g/mol. The summed E-state index contributed by atoms with van der Waals surface area (Å²) in [6, 6.07) is 0. The van der Waals surface area contributed by atoms with E-state index in [0.717, 1.165) is 0 Å². The van der Waals surface area contributed by atoms with Gasteiger partial charge < -0.3 is 0 Å². The summed E-state index contributed by atoms with van der Waals surface area (Å²) in [4.78, 5) is 0. The Hall–Kier alpha value is 0.470. The first-order chi connectivity index (χ1) is 15.4. The lowest BCUT2D eigenvalue weighted by Crippen LogP contribution is -1.85. The van der Waals surface area contributed by atoms with Crippen LogP contribution in [0.4, 0.5) is 0 Å². The van der Waals surface area contributed by atoms with Crippen LogP contribution in [0, 0.1) is 0 Å². The Balaban J connectivity index is 2.98. The van der Waals surface area contributed by atoms with Crippen molar-refractivity contribution >= 4 is 22.6 Å². The molecule has 0 spiro atoms. The molecule has 1 heteroatoms. The third-order valence-electron chi connectivity index (χ3n) is 6.79. The van der Waals surface area contributed by atoms with Crippen LogP contribution in [-0.2, 0) is 0 Å². The van der Waals surface area contributed by atoms with Gasteiger partial charge in [0.25, 0.3) is 0 Å². The molecule has 0 N–H and O–H groups in total. The summed E-state index contributed by atoms with van der Waals surface area (Å²) in [7, 11) is 0. The summed E-state index contributed by atoms with van der Waals surface area (Å²) >= 11 is 2.50. The summed E-state index contributed by atoms with van der Waals surface area (Å²) in [6.07, 6.45) is 41.5. The van der Waals surface area contributed by atoms with Crippen LogP contribution in [0.1, 0.15) is 173 Å². The Morgan fingerprint density at radius 3 is 0.710 bits per heavy atom. The molecule has 0 unspecified atom stereocenters. The maximum Gasteiger partial charge on any atom is -0.000473 e. The van der Waals surface area contributed by atoms with Crippen molar-refractivity contribution in [1.82, 2.24) is 0 Å². The standard InChI is InChI=1S/C30H59I/c1-2-3-4-5-6-7-8-9-10-11-12-13-14-15-16-17-18-19-20-21-22-23-24-25-26-27-28-29-30-31/h2H,1,3-30H2. The molecule has 0 rings (SSSR count). The van der Waals surface area contributed by atoms with Gasteiger partial charge in [0.15, 0.2) is 0 Å². The topological polar surface area (TPSA) is 0 Å². The lowest BCUT2D eigenvalue weighted by atomic mass is 10.0. The molecule has 186 valence electrons. The molecule has 0 aromatic rings. The van der Waals surface area contributed by atoms with Crippen molar-refractivity contribution < 1.29 is 0 Å². The van der Waals surface area contributed by atoms with Crippen molar-refractivity contribution in [2.75, 3.05) is 4.43 Å². The van der Waals surface area contributed by atoms with E-state index in [0.29, 0.717) is 0 Å². The fourth-order valence-corrected chi connectivity index (χ4v) is 5.17. The molecule has 0 nitrogen and oxygen atoms in total. The quantitative estimate of drug-likeness (QED) is 0.0396. The number of hydrogen-bond donors (Lipinski definition) is 0. The molecule has 31 heavy (non-hydrogen) atoms. The van der Waals surface area contributed by atoms with Gasteiger partial charge in [-0.15, -0.1) is 6.58 Å². The Kier molecular flexibility index (Phi) is 30.9. The fourth-order valence-electron chi connectivity index (χ4n) is 4.63. The van der Waals surface area contributed by atoms with Gasteiger partial charge in [-0.3, -0.25) is 0 Å². The number of hydrogen-bond acceptors (Lipinski definition) is 0. The molecule has 0 amide bonds. The molecule has 0 aliphatic rings. The second-order valence-corrected chi connectivity index (χ2v) is 11.0. The predicted molar refractivity (Wildman–Crippen MR) is 154 cm³/mol. The zero-order valence-corrected chi connectivity index (χ0v) is 23.6. The Labute approximate surface area is 212 Å². The molecule has 0 bridgehead atoms. The third-order valence-corrected chi connectivity index (χ3v) is 7.55. The molecular weight excluding hydrogens is 487 g/mol. The average Bonchev–Trinajstić information content (AvgIpc) is 2.78. The van der Waals surface area contributed by atoms with Gasteiger partial charge in [0, 0.05) is 0 Å². The number of halogens is 1. The highest BCUT2D eigenvalue weighted by molar-refractivity contribution is 14.1. The monoisotopic (exact) mass is 546 g/mol. The minimum absolute atomic E-state index is 1.21. The first-order valence-corrected chi connectivity index (χ1v) is 16.1. The first-order valence-electron chi connectivity index (χ1n) is 14.6. The van der Waals surface area contributed by atoms with E-state index in [1.807, 2.05) is 0 Å². The molecule has 0 heterocycles. The van der Waals surface area contributed by atoms with Gasteiger partial charge in [0.05, 0.1) is 0 Å². The van der Waals surface area contributed by atoms with E-state index in [1.54, 1.807) is 0 Å². The second-order valence-electron chi connectivity index (χ2n) is 9.96. The van der Waals surface area contributed by atoms with Crippen molar-refractivity contribution in [3.05, 3.63) is 12.7 Å². The van der Waals surface area contributed by atoms with E-state index in [4.69, 9.17) is 0 Å². The van der Waals surface area contributed by atoms with Gasteiger partial charge in [0.1, 0.15) is 0 Å². The van der Waals surface area contributed by atoms with Crippen LogP contribution < -0.4 is 0 Å². The van der Waals surface area contributed by atoms with Gasteiger partial charge in [-0.25, -0.2) is 0 Å². The number of unbranched alkanes of at least 4 members (excludes halogenated alkanes) is 26. The van der Waals surface area contributed by atoms with Crippen molar-refractivity contribution in [2.24, 2.45) is 0 Å². The van der Waals surface area contributed by atoms with Crippen LogP contribution in [0.5, 0.6) is 0 Å². The van der Waals surface area contributed by atoms with Gasteiger partial charge in [-0.1, -0.05) is 183 Å². The summed E-state index contributed by atoms with van der Waals surface area (Å²) < 4.78 is 1.34. The predicted octanol–water partition coefficient (Wildman–Crippen LogP) is 12.1. The smallest absolute Gasteiger partial charge is 0.000473 e. The molecule has 0 radical (unpaired) electrons. The molecule has 0 atom stereocenters. The number of rotatable bonds is 28. The van der Waals surface area contributed by atoms with E-state index < -0.39 is 0 Å². The SMILES string of the molecule is C=CCCCCCCCCCCCCCCCCCCCCCCCCCCCCI. The van der Waals surface area contributed by atoms with E-state index in [-0.39, 0.29) is 0 Å². The molecule has 0 aromatic carbocycles. The van der Waals surface area contributed by atoms with Crippen molar-refractivity contribution in [3.8, 4) is 0 Å². The number of alkyl halides is 1. The molecule has 0 aliphatic carbocycles. The Morgan fingerprint density at radius 2 is 0.516 bits per heavy atom. The molecule has 0 saturated carbocycles. The van der Waals surface area contributed by atoms with Gasteiger partial charge >= 0.3 is 0 Å². The second kappa shape index (κ2) is 30.5. The Morgan fingerprint density at radius 1 is 0.323 bits per heavy atom. The highest BCUT2D eigenvalue weighted by Crippen LogP contribution is 2.16. The van der Waals surface area contributed by atoms with E-state index in [1.165, 1.54) is 178 Å². The maximum atomic E-state index is 3.79. The molecule has 0 aliphatic heterocycles.